The van der Waals surface area contributed by atoms with Gasteiger partial charge in [-0.1, -0.05) is 18.2 Å². The van der Waals surface area contributed by atoms with Crippen LogP contribution in [0.25, 0.3) is 22.0 Å². The van der Waals surface area contributed by atoms with Gasteiger partial charge in [-0.25, -0.2) is 0 Å². The minimum absolute atomic E-state index is 0.0112. The molecule has 3 aromatic carbocycles. The lowest BCUT2D eigenvalue weighted by molar-refractivity contribution is -0.127. The lowest BCUT2D eigenvalue weighted by Crippen LogP contribution is -2.46. The van der Waals surface area contributed by atoms with Crippen molar-refractivity contribution in [3.63, 3.8) is 0 Å². The number of piperidine rings is 1. The van der Waals surface area contributed by atoms with Gasteiger partial charge in [0.1, 0.15) is 5.75 Å². The topological polar surface area (TPSA) is 78.5 Å². The first-order valence-corrected chi connectivity index (χ1v) is 12.4. The zero-order valence-electron chi connectivity index (χ0n) is 20.2. The molecule has 2 aliphatic rings. The van der Waals surface area contributed by atoms with Crippen molar-refractivity contribution in [2.75, 3.05) is 31.6 Å². The molecule has 1 N–H and O–H groups in total. The lowest BCUT2D eigenvalue weighted by atomic mass is 9.77. The van der Waals surface area contributed by atoms with E-state index >= 15 is 0 Å². The molecule has 0 atom stereocenters. The van der Waals surface area contributed by atoms with Gasteiger partial charge in [-0.3, -0.25) is 14.7 Å². The second-order valence-electron chi connectivity index (χ2n) is 9.73. The van der Waals surface area contributed by atoms with Crippen molar-refractivity contribution in [3.8, 4) is 16.9 Å². The fourth-order valence-electron chi connectivity index (χ4n) is 5.56. The number of anilines is 1. The summed E-state index contributed by atoms with van der Waals surface area (Å²) in [5, 5.41) is 8.15. The van der Waals surface area contributed by atoms with Crippen molar-refractivity contribution in [1.82, 2.24) is 15.1 Å². The number of hydrogen-bond donors (Lipinski definition) is 1. The van der Waals surface area contributed by atoms with Crippen molar-refractivity contribution in [2.45, 2.75) is 19.3 Å². The third-order valence-electron chi connectivity index (χ3n) is 7.79. The first-order valence-electron chi connectivity index (χ1n) is 12.4. The number of benzene rings is 3. The Morgan fingerprint density at radius 2 is 1.69 bits per heavy atom. The van der Waals surface area contributed by atoms with E-state index in [1.807, 2.05) is 34.2 Å². The van der Waals surface area contributed by atoms with Crippen molar-refractivity contribution in [3.05, 3.63) is 78.5 Å². The van der Waals surface area contributed by atoms with Crippen LogP contribution < -0.4 is 9.64 Å². The number of ether oxygens (including phenoxy) is 1. The van der Waals surface area contributed by atoms with E-state index in [9.17, 15) is 9.59 Å². The molecule has 0 unspecified atom stereocenters. The Morgan fingerprint density at radius 3 is 2.47 bits per heavy atom. The van der Waals surface area contributed by atoms with Crippen LogP contribution in [0.5, 0.6) is 5.75 Å². The third-order valence-corrected chi connectivity index (χ3v) is 7.79. The summed E-state index contributed by atoms with van der Waals surface area (Å²) in [6, 6.07) is 21.6. The predicted octanol–water partition coefficient (Wildman–Crippen LogP) is 4.90. The van der Waals surface area contributed by atoms with Crippen LogP contribution in [0.15, 0.2) is 72.9 Å². The van der Waals surface area contributed by atoms with Crippen LogP contribution in [0.2, 0.25) is 0 Å². The van der Waals surface area contributed by atoms with E-state index in [1.54, 1.807) is 31.4 Å². The number of fused-ring (bicyclic) bond motifs is 1. The highest BCUT2D eigenvalue weighted by Crippen LogP contribution is 2.44. The Hall–Kier alpha value is -4.13. The number of likely N-dealkylation sites (tertiary alicyclic amines) is 1. The molecule has 1 spiro atoms. The number of nitrogens with one attached hydrogen (secondary N) is 1. The largest absolute Gasteiger partial charge is 0.497 e. The van der Waals surface area contributed by atoms with E-state index in [0.29, 0.717) is 38.0 Å². The van der Waals surface area contributed by atoms with Gasteiger partial charge in [0, 0.05) is 36.3 Å². The van der Waals surface area contributed by atoms with Crippen LogP contribution >= 0.6 is 0 Å². The van der Waals surface area contributed by atoms with Crippen LogP contribution in [-0.4, -0.2) is 53.7 Å². The molecule has 2 aliphatic heterocycles. The maximum atomic E-state index is 13.7. The number of amides is 2. The van der Waals surface area contributed by atoms with Crippen molar-refractivity contribution >= 4 is 28.4 Å². The Kier molecular flexibility index (Phi) is 5.48. The molecule has 4 aromatic rings. The fourth-order valence-corrected chi connectivity index (χ4v) is 5.56. The predicted molar refractivity (Wildman–Crippen MR) is 139 cm³/mol. The molecule has 36 heavy (non-hydrogen) atoms. The Balaban J connectivity index is 1.16. The summed E-state index contributed by atoms with van der Waals surface area (Å²) in [7, 11) is 1.61. The second kappa shape index (κ2) is 8.82. The molecule has 6 rings (SSSR count). The SMILES string of the molecule is COc1ccc(C(=O)N2CCC3(CC2)CCN(c2cccc(-c4ccc5[nH]ncc5c4)c2)C3=O)cc1. The number of methoxy groups -OCH3 is 1. The van der Waals surface area contributed by atoms with Crippen LogP contribution in [0.3, 0.4) is 0 Å². The van der Waals surface area contributed by atoms with Crippen LogP contribution in [0, 0.1) is 5.41 Å². The zero-order chi connectivity index (χ0) is 24.7. The number of aromatic nitrogens is 2. The van der Waals surface area contributed by atoms with Crippen molar-refractivity contribution in [1.29, 1.82) is 0 Å². The number of rotatable bonds is 4. The average molecular weight is 481 g/mol. The van der Waals surface area contributed by atoms with Crippen LogP contribution in [-0.2, 0) is 4.79 Å². The van der Waals surface area contributed by atoms with Crippen LogP contribution in [0.1, 0.15) is 29.6 Å². The Morgan fingerprint density at radius 1 is 0.944 bits per heavy atom. The molecule has 0 aliphatic carbocycles. The Labute approximate surface area is 209 Å². The monoisotopic (exact) mass is 480 g/mol. The van der Waals surface area contributed by atoms with Gasteiger partial charge in [0.2, 0.25) is 5.91 Å². The minimum atomic E-state index is -0.387. The second-order valence-corrected chi connectivity index (χ2v) is 9.73. The first kappa shape index (κ1) is 22.3. The van der Waals surface area contributed by atoms with Gasteiger partial charge < -0.3 is 14.5 Å². The van der Waals surface area contributed by atoms with Gasteiger partial charge in [-0.05, 0) is 78.9 Å². The maximum absolute atomic E-state index is 13.7. The number of H-pyrrole nitrogens is 1. The minimum Gasteiger partial charge on any atom is -0.497 e. The number of carbonyl (C=O) groups excluding carboxylic acids is 2. The molecule has 7 heteroatoms. The molecular formula is C29H28N4O3. The number of nitrogens with zero attached hydrogens (tertiary/aromatic N) is 3. The van der Waals surface area contributed by atoms with E-state index in [0.717, 1.165) is 39.9 Å². The molecular weight excluding hydrogens is 452 g/mol. The summed E-state index contributed by atoms with van der Waals surface area (Å²) in [5.74, 6) is 0.922. The molecule has 182 valence electrons. The maximum Gasteiger partial charge on any atom is 0.253 e. The van der Waals surface area contributed by atoms with Gasteiger partial charge >= 0.3 is 0 Å². The zero-order valence-corrected chi connectivity index (χ0v) is 20.2. The molecule has 2 saturated heterocycles. The summed E-state index contributed by atoms with van der Waals surface area (Å²) in [5.41, 5.74) is 4.36. The highest BCUT2D eigenvalue weighted by molar-refractivity contribution is 6.01. The fraction of sp³-hybridized carbons (Fsp3) is 0.276. The molecule has 2 amide bonds. The average Bonchev–Trinajstić information content (AvgIpc) is 3.53. The van der Waals surface area contributed by atoms with Gasteiger partial charge in [0.25, 0.3) is 5.91 Å². The van der Waals surface area contributed by atoms with Crippen molar-refractivity contribution in [2.24, 2.45) is 5.41 Å². The standard InChI is InChI=1S/C29H28N4O3/c1-36-25-8-5-20(6-9-25)27(34)32-14-11-29(12-15-32)13-16-33(28(29)35)24-4-2-3-21(18-24)22-7-10-26-23(17-22)19-30-31-26/h2-10,17-19H,11-16H2,1H3,(H,30,31). The number of aromatic amines is 1. The normalized spacial score (nSPS) is 17.2. The smallest absolute Gasteiger partial charge is 0.253 e. The summed E-state index contributed by atoms with van der Waals surface area (Å²) < 4.78 is 5.19. The molecule has 2 fully saturated rings. The molecule has 0 saturated carbocycles. The van der Waals surface area contributed by atoms with Gasteiger partial charge in [-0.2, -0.15) is 5.10 Å². The van der Waals surface area contributed by atoms with E-state index in [2.05, 4.69) is 34.5 Å². The lowest BCUT2D eigenvalue weighted by Gasteiger charge is -2.38. The molecule has 7 nitrogen and oxygen atoms in total. The molecule has 0 radical (unpaired) electrons. The summed E-state index contributed by atoms with van der Waals surface area (Å²) in [6.45, 7) is 1.89. The first-order chi connectivity index (χ1) is 17.6. The van der Waals surface area contributed by atoms with Gasteiger partial charge in [0.15, 0.2) is 0 Å². The Bertz CT molecular complexity index is 1430. The summed E-state index contributed by atoms with van der Waals surface area (Å²) >= 11 is 0. The summed E-state index contributed by atoms with van der Waals surface area (Å²) in [4.78, 5) is 30.5. The van der Waals surface area contributed by atoms with E-state index in [4.69, 9.17) is 4.74 Å². The molecule has 1 aromatic heterocycles. The molecule has 3 heterocycles. The van der Waals surface area contributed by atoms with E-state index < -0.39 is 0 Å². The number of carbonyl (C=O) groups is 2. The van der Waals surface area contributed by atoms with E-state index in [1.165, 1.54) is 0 Å². The quantitative estimate of drug-likeness (QED) is 0.451. The van der Waals surface area contributed by atoms with Gasteiger partial charge in [-0.15, -0.1) is 0 Å². The van der Waals surface area contributed by atoms with Crippen LogP contribution in [0.4, 0.5) is 5.69 Å². The highest BCUT2D eigenvalue weighted by Gasteiger charge is 2.49. The number of hydrogen-bond acceptors (Lipinski definition) is 4. The van der Waals surface area contributed by atoms with Crippen molar-refractivity contribution < 1.29 is 14.3 Å². The van der Waals surface area contributed by atoms with Gasteiger partial charge in [0.05, 0.1) is 24.2 Å². The van der Waals surface area contributed by atoms with E-state index in [-0.39, 0.29) is 17.2 Å². The third kappa shape index (κ3) is 3.81. The highest BCUT2D eigenvalue weighted by atomic mass is 16.5. The summed E-state index contributed by atoms with van der Waals surface area (Å²) in [6.07, 6.45) is 4.03. The molecule has 0 bridgehead atoms.